The van der Waals surface area contributed by atoms with E-state index in [1.165, 1.54) is 0 Å². The van der Waals surface area contributed by atoms with Crippen molar-refractivity contribution in [2.45, 2.75) is 25.9 Å². The first-order valence-electron chi connectivity index (χ1n) is 10.6. The normalized spacial score (nSPS) is 19.2. The van der Waals surface area contributed by atoms with Crippen LogP contribution in [0.15, 0.2) is 30.7 Å². The van der Waals surface area contributed by atoms with Gasteiger partial charge >= 0.3 is 0 Å². The highest BCUT2D eigenvalue weighted by molar-refractivity contribution is 7.11. The third-order valence-corrected chi connectivity index (χ3v) is 6.65. The summed E-state index contributed by atoms with van der Waals surface area (Å²) in [5.74, 6) is 0.778. The second kappa shape index (κ2) is 8.76. The van der Waals surface area contributed by atoms with Gasteiger partial charge in [0.1, 0.15) is 12.4 Å². The number of hydrogen-bond donors (Lipinski definition) is 0. The number of aryl methyl sites for hydroxylation is 1. The van der Waals surface area contributed by atoms with E-state index >= 15 is 0 Å². The van der Waals surface area contributed by atoms with Crippen LogP contribution in [0.2, 0.25) is 0 Å². The summed E-state index contributed by atoms with van der Waals surface area (Å²) < 4.78 is 11.5. The average Bonchev–Trinajstić information content (AvgIpc) is 3.45. The lowest BCUT2D eigenvalue weighted by atomic mass is 10.1. The van der Waals surface area contributed by atoms with Crippen molar-refractivity contribution in [1.82, 2.24) is 19.9 Å². The highest BCUT2D eigenvalue weighted by Gasteiger charge is 2.23. The van der Waals surface area contributed by atoms with Gasteiger partial charge in [-0.05, 0) is 25.1 Å². The minimum Gasteiger partial charge on any atom is -0.471 e. The topological polar surface area (TPSA) is 80.7 Å². The van der Waals surface area contributed by atoms with Gasteiger partial charge in [-0.25, -0.2) is 15.0 Å². The van der Waals surface area contributed by atoms with Crippen LogP contribution in [0.3, 0.4) is 0 Å². The molecule has 2 aliphatic heterocycles. The Bertz CT molecular complexity index is 1070. The number of rotatable bonds is 5. The maximum atomic E-state index is 12.6. The summed E-state index contributed by atoms with van der Waals surface area (Å²) in [7, 11) is 0. The van der Waals surface area contributed by atoms with Crippen molar-refractivity contribution in [2.24, 2.45) is 0 Å². The Morgan fingerprint density at radius 3 is 2.84 bits per heavy atom. The van der Waals surface area contributed by atoms with Crippen LogP contribution < -0.4 is 9.64 Å². The van der Waals surface area contributed by atoms with Crippen molar-refractivity contribution in [1.29, 1.82) is 0 Å². The van der Waals surface area contributed by atoms with Gasteiger partial charge in [0.2, 0.25) is 11.8 Å². The fourth-order valence-electron chi connectivity index (χ4n) is 4.04. The SMILES string of the molecule is Cc1ncc(CC(=O)N2CCN(c3ccc4ncnc(OC5CCOC5)c4c3)CC2)s1. The maximum absolute atomic E-state index is 12.6. The van der Waals surface area contributed by atoms with Gasteiger partial charge in [0.25, 0.3) is 0 Å². The number of hydrogen-bond acceptors (Lipinski definition) is 8. The predicted octanol–water partition coefficient (Wildman–Crippen LogP) is 2.45. The van der Waals surface area contributed by atoms with E-state index in [-0.39, 0.29) is 12.0 Å². The van der Waals surface area contributed by atoms with E-state index in [0.717, 1.165) is 52.6 Å². The minimum absolute atomic E-state index is 0.0404. The lowest BCUT2D eigenvalue weighted by Gasteiger charge is -2.36. The smallest absolute Gasteiger partial charge is 0.228 e. The lowest BCUT2D eigenvalue weighted by molar-refractivity contribution is -0.130. The summed E-state index contributed by atoms with van der Waals surface area (Å²) in [5, 5.41) is 1.91. The second-order valence-electron chi connectivity index (χ2n) is 7.87. The molecule has 2 aromatic heterocycles. The number of aromatic nitrogens is 3. The molecule has 3 aromatic rings. The van der Waals surface area contributed by atoms with E-state index in [9.17, 15) is 4.79 Å². The summed E-state index contributed by atoms with van der Waals surface area (Å²) in [6, 6.07) is 6.18. The molecule has 0 radical (unpaired) electrons. The standard InChI is InChI=1S/C22H25N5O3S/c1-15-23-12-18(31-15)11-21(28)27-7-5-26(6-8-27)16-2-3-20-19(10-16)22(25-14-24-20)30-17-4-9-29-13-17/h2-3,10,12,14,17H,4-9,11,13H2,1H3. The van der Waals surface area contributed by atoms with Crippen molar-refractivity contribution >= 4 is 33.8 Å². The Balaban J connectivity index is 1.26. The molecule has 9 heteroatoms. The molecule has 5 rings (SSSR count). The zero-order chi connectivity index (χ0) is 21.2. The summed E-state index contributed by atoms with van der Waals surface area (Å²) in [5.41, 5.74) is 1.96. The average molecular weight is 440 g/mol. The maximum Gasteiger partial charge on any atom is 0.228 e. The molecule has 1 unspecified atom stereocenters. The molecular weight excluding hydrogens is 414 g/mol. The van der Waals surface area contributed by atoms with E-state index in [0.29, 0.717) is 32.0 Å². The second-order valence-corrected chi connectivity index (χ2v) is 9.19. The largest absolute Gasteiger partial charge is 0.471 e. The first kappa shape index (κ1) is 20.1. The molecule has 1 amide bonds. The van der Waals surface area contributed by atoms with Crippen molar-refractivity contribution in [2.75, 3.05) is 44.3 Å². The van der Waals surface area contributed by atoms with E-state index in [2.05, 4.69) is 32.0 Å². The Labute approximate surface area is 184 Å². The first-order chi connectivity index (χ1) is 15.2. The highest BCUT2D eigenvalue weighted by atomic mass is 32.1. The van der Waals surface area contributed by atoms with Gasteiger partial charge in [0.05, 0.1) is 35.5 Å². The minimum atomic E-state index is 0.0404. The van der Waals surface area contributed by atoms with Crippen molar-refractivity contribution in [3.05, 3.63) is 40.6 Å². The predicted molar refractivity (Wildman–Crippen MR) is 119 cm³/mol. The number of thiazole rings is 1. The van der Waals surface area contributed by atoms with Crippen molar-refractivity contribution in [3.63, 3.8) is 0 Å². The van der Waals surface area contributed by atoms with E-state index in [1.807, 2.05) is 24.1 Å². The number of amides is 1. The van der Waals surface area contributed by atoms with Crippen LogP contribution in [-0.4, -0.2) is 71.3 Å². The van der Waals surface area contributed by atoms with Crippen LogP contribution in [0.1, 0.15) is 16.3 Å². The number of ether oxygens (including phenoxy) is 2. The molecule has 0 bridgehead atoms. The van der Waals surface area contributed by atoms with Crippen LogP contribution >= 0.6 is 11.3 Å². The molecule has 1 aromatic carbocycles. The quantitative estimate of drug-likeness (QED) is 0.604. The summed E-state index contributed by atoms with van der Waals surface area (Å²) >= 11 is 1.59. The van der Waals surface area contributed by atoms with Gasteiger partial charge in [-0.3, -0.25) is 4.79 Å². The lowest BCUT2D eigenvalue weighted by Crippen LogP contribution is -2.49. The summed E-state index contributed by atoms with van der Waals surface area (Å²) in [6.07, 6.45) is 4.70. The van der Waals surface area contributed by atoms with Gasteiger partial charge < -0.3 is 19.3 Å². The van der Waals surface area contributed by atoms with Crippen LogP contribution in [0.5, 0.6) is 5.88 Å². The van der Waals surface area contributed by atoms with Crippen LogP contribution in [-0.2, 0) is 16.0 Å². The number of fused-ring (bicyclic) bond motifs is 1. The summed E-state index contributed by atoms with van der Waals surface area (Å²) in [6.45, 7) is 6.29. The van der Waals surface area contributed by atoms with Crippen molar-refractivity contribution in [3.8, 4) is 5.88 Å². The van der Waals surface area contributed by atoms with Crippen LogP contribution in [0, 0.1) is 6.92 Å². The number of carbonyl (C=O) groups excluding carboxylic acids is 1. The molecule has 31 heavy (non-hydrogen) atoms. The molecule has 0 saturated carbocycles. The first-order valence-corrected chi connectivity index (χ1v) is 11.4. The molecule has 4 heterocycles. The van der Waals surface area contributed by atoms with Crippen LogP contribution in [0.4, 0.5) is 5.69 Å². The van der Waals surface area contributed by atoms with Gasteiger partial charge in [0.15, 0.2) is 0 Å². The van der Waals surface area contributed by atoms with Gasteiger partial charge in [-0.15, -0.1) is 11.3 Å². The third-order valence-electron chi connectivity index (χ3n) is 5.74. The number of nitrogens with zero attached hydrogens (tertiary/aromatic N) is 5. The Morgan fingerprint density at radius 2 is 2.10 bits per heavy atom. The molecular formula is C22H25N5O3S. The highest BCUT2D eigenvalue weighted by Crippen LogP contribution is 2.29. The number of anilines is 1. The molecule has 0 N–H and O–H groups in total. The van der Waals surface area contributed by atoms with Gasteiger partial charge in [0, 0.05) is 49.4 Å². The molecule has 2 aliphatic rings. The Morgan fingerprint density at radius 1 is 1.23 bits per heavy atom. The fourth-order valence-corrected chi connectivity index (χ4v) is 4.82. The van der Waals surface area contributed by atoms with E-state index in [4.69, 9.17) is 9.47 Å². The molecule has 162 valence electrons. The monoisotopic (exact) mass is 439 g/mol. The molecule has 2 saturated heterocycles. The van der Waals surface area contributed by atoms with Gasteiger partial charge in [-0.2, -0.15) is 0 Å². The molecule has 2 fully saturated rings. The number of piperazine rings is 1. The third kappa shape index (κ3) is 4.47. The number of benzene rings is 1. The van der Waals surface area contributed by atoms with Gasteiger partial charge in [-0.1, -0.05) is 0 Å². The molecule has 8 nitrogen and oxygen atoms in total. The zero-order valence-corrected chi connectivity index (χ0v) is 18.3. The molecule has 0 spiro atoms. The van der Waals surface area contributed by atoms with Crippen molar-refractivity contribution < 1.29 is 14.3 Å². The molecule has 0 aliphatic carbocycles. The van der Waals surface area contributed by atoms with Crippen LogP contribution in [0.25, 0.3) is 10.9 Å². The number of carbonyl (C=O) groups is 1. The Hall–Kier alpha value is -2.78. The van der Waals surface area contributed by atoms with E-state index < -0.39 is 0 Å². The zero-order valence-electron chi connectivity index (χ0n) is 17.5. The Kier molecular flexibility index (Phi) is 5.69. The van der Waals surface area contributed by atoms with E-state index in [1.54, 1.807) is 17.7 Å². The fraction of sp³-hybridized carbons (Fsp3) is 0.455. The summed E-state index contributed by atoms with van der Waals surface area (Å²) in [4.78, 5) is 30.9. The molecule has 1 atom stereocenters.